The van der Waals surface area contributed by atoms with Gasteiger partial charge in [-0.25, -0.2) is 4.98 Å². The monoisotopic (exact) mass is 1450 g/mol. The molecule has 460 valence electrons. The molecule has 6 nitrogen and oxygen atoms in total. The van der Waals surface area contributed by atoms with Crippen LogP contribution in [0.25, 0.3) is 122 Å². The van der Waals surface area contributed by atoms with E-state index in [1.807, 2.05) is 120 Å². The minimum absolute atomic E-state index is 0. The number of hydrogen-bond acceptors (Lipinski definition) is 2. The van der Waals surface area contributed by atoms with Gasteiger partial charge in [0.1, 0.15) is 5.82 Å². The van der Waals surface area contributed by atoms with Crippen LogP contribution in [0.2, 0.25) is 0 Å². The molecule has 96 heavy (non-hydrogen) atoms. The van der Waals surface area contributed by atoms with Crippen LogP contribution in [0.5, 0.6) is 11.5 Å². The Morgan fingerprint density at radius 2 is 0.979 bits per heavy atom. The predicted molar refractivity (Wildman–Crippen MR) is 392 cm³/mol. The van der Waals surface area contributed by atoms with Gasteiger partial charge in [-0.2, -0.15) is 18.2 Å². The number of aromatic nitrogens is 5. The van der Waals surface area contributed by atoms with E-state index >= 15 is 0 Å². The van der Waals surface area contributed by atoms with Gasteiger partial charge < -0.3 is 18.4 Å². The summed E-state index contributed by atoms with van der Waals surface area (Å²) in [5, 5.41) is 1.19. The Hall–Kier alpha value is -11.2. The van der Waals surface area contributed by atoms with E-state index in [0.717, 1.165) is 43.7 Å². The Labute approximate surface area is 601 Å². The third-order valence-corrected chi connectivity index (χ3v) is 22.2. The Morgan fingerprint density at radius 1 is 0.448 bits per heavy atom. The minimum Gasteiger partial charge on any atom is -0.510 e. The van der Waals surface area contributed by atoms with E-state index in [9.17, 15) is 21.9 Å². The Kier molecular flexibility index (Phi) is 9.93. The van der Waals surface area contributed by atoms with Gasteiger partial charge in [0.05, 0.1) is 60.9 Å². The molecular weight excluding hydrogens is 1370 g/mol. The molecule has 0 fully saturated rings. The van der Waals surface area contributed by atoms with Crippen molar-refractivity contribution in [2.75, 3.05) is 0 Å². The fraction of sp³-hybridized carbons (Fsp3) is 0.0455. The molecule has 8 heteroatoms. The predicted octanol–water partition coefficient (Wildman–Crippen LogP) is 18.3. The zero-order chi connectivity index (χ0) is 80.8. The molecule has 0 spiro atoms. The summed E-state index contributed by atoms with van der Waals surface area (Å²) in [6, 6.07) is 47.9. The number of rotatable bonds is 10. The maximum Gasteiger partial charge on any atom is 0.268 e. The van der Waals surface area contributed by atoms with E-state index < -0.39 is 144 Å². The molecule has 1 aliphatic rings. The van der Waals surface area contributed by atoms with Gasteiger partial charge in [0.25, 0.3) is 6.33 Å². The van der Waals surface area contributed by atoms with Gasteiger partial charge >= 0.3 is 0 Å². The van der Waals surface area contributed by atoms with Crippen LogP contribution in [0.3, 0.4) is 0 Å². The first kappa shape index (κ1) is 40.8. The molecule has 17 aromatic rings. The van der Waals surface area contributed by atoms with E-state index in [0.29, 0.717) is 50.5 Å². The third-order valence-electron chi connectivity index (χ3n) is 18.1. The van der Waals surface area contributed by atoms with E-state index in [4.69, 9.17) is 15.2 Å². The maximum absolute atomic E-state index is 10.2. The quantitative estimate of drug-likeness (QED) is 0.0593. The van der Waals surface area contributed by atoms with Crippen molar-refractivity contribution in [2.24, 2.45) is 0 Å². The summed E-state index contributed by atoms with van der Waals surface area (Å²) in [4.78, 5) is 4.89. The van der Waals surface area contributed by atoms with Crippen molar-refractivity contribution < 1.29 is 57.8 Å². The van der Waals surface area contributed by atoms with Gasteiger partial charge in [-0.05, 0) is 124 Å². The molecular formula is C88H61N5OPtSi-2. The number of pyridine rings is 1. The molecule has 0 unspecified atom stereocenters. The first-order valence-corrected chi connectivity index (χ1v) is 32.9. The minimum atomic E-state index is -6.00. The van der Waals surface area contributed by atoms with Crippen LogP contribution in [0, 0.1) is 18.5 Å². The van der Waals surface area contributed by atoms with Crippen LogP contribution in [-0.2, 0) is 26.5 Å². The van der Waals surface area contributed by atoms with Crippen molar-refractivity contribution in [2.45, 2.75) is 26.2 Å². The van der Waals surface area contributed by atoms with E-state index in [-0.39, 0.29) is 76.6 Å². The second kappa shape index (κ2) is 23.4. The number of ether oxygens (including phenoxy) is 1. The van der Waals surface area contributed by atoms with Crippen LogP contribution in [0.15, 0.2) is 315 Å². The number of fused-ring (bicyclic) bond motifs is 13. The second-order valence-corrected chi connectivity index (χ2v) is 27.9. The fourth-order valence-electron chi connectivity index (χ4n) is 14.0. The summed E-state index contributed by atoms with van der Waals surface area (Å²) in [7, 11) is -6.00. The molecule has 0 amide bonds. The van der Waals surface area contributed by atoms with Crippen molar-refractivity contribution in [3.05, 3.63) is 339 Å². The van der Waals surface area contributed by atoms with Gasteiger partial charge in [-0.1, -0.05) is 268 Å². The number of nitrogens with zero attached hydrogens (tertiary/aromatic N) is 5. The summed E-state index contributed by atoms with van der Waals surface area (Å²) in [6.07, 6.45) is 5.56. The van der Waals surface area contributed by atoms with E-state index in [2.05, 4.69) is 49.9 Å². The third kappa shape index (κ3) is 9.32. The Bertz CT molecular complexity index is 6840. The van der Waals surface area contributed by atoms with Gasteiger partial charge in [0.15, 0.2) is 8.07 Å². The molecule has 0 bridgehead atoms. The van der Waals surface area contributed by atoms with Gasteiger partial charge in [-0.15, -0.1) is 29.7 Å². The molecule has 0 atom stereocenters. The van der Waals surface area contributed by atoms with E-state index in [1.165, 1.54) is 0 Å². The molecule has 5 heterocycles. The molecule has 0 saturated carbocycles. The molecule has 18 rings (SSSR count). The number of hydrogen-bond donors (Lipinski definition) is 0. The van der Waals surface area contributed by atoms with Gasteiger partial charge in [-0.3, -0.25) is 4.57 Å². The molecule has 0 saturated heterocycles. The van der Waals surface area contributed by atoms with Gasteiger partial charge in [0.2, 0.25) is 0 Å². The summed E-state index contributed by atoms with van der Waals surface area (Å²) in [5.41, 5.74) is 7.54. The van der Waals surface area contributed by atoms with E-state index in [1.54, 1.807) is 82.1 Å². The molecule has 4 aromatic heterocycles. The number of para-hydroxylation sites is 4. The van der Waals surface area contributed by atoms with Crippen molar-refractivity contribution in [1.29, 1.82) is 0 Å². The zero-order valence-electron chi connectivity index (χ0n) is 71.4. The van der Waals surface area contributed by atoms with Crippen LogP contribution < -0.4 is 30.1 Å². The largest absolute Gasteiger partial charge is 0.510 e. The average Bonchev–Trinajstić information content (AvgIpc) is 1.38. The summed E-state index contributed by atoms with van der Waals surface area (Å²) in [5.74, 6) is 1.05. The molecule has 1 aliphatic heterocycles. The number of imidazole rings is 1. The number of benzene rings is 13. The van der Waals surface area contributed by atoms with Crippen molar-refractivity contribution in [3.8, 4) is 78.9 Å². The molecule has 0 aliphatic carbocycles. The first-order valence-electron chi connectivity index (χ1n) is 40.9. The summed E-state index contributed by atoms with van der Waals surface area (Å²) < 4.78 is 207. The fourth-order valence-corrected chi connectivity index (χ4v) is 17.8. The second-order valence-electron chi connectivity index (χ2n) is 24.3. The summed E-state index contributed by atoms with van der Waals surface area (Å²) in [6.45, 7) is 6.39. The molecule has 0 N–H and O–H groups in total. The van der Waals surface area contributed by atoms with Crippen molar-refractivity contribution in [3.63, 3.8) is 0 Å². The van der Waals surface area contributed by atoms with Crippen molar-refractivity contribution >= 4 is 83.5 Å². The van der Waals surface area contributed by atoms with Crippen LogP contribution in [-0.4, -0.2) is 26.8 Å². The SMILES string of the molecule is [2H]c1c([2H])c([2H])c(-c2cccc3c2-c2cccc(-n4c5ccccc5c5ccccc54)c2-[n+]2[c-]n(-c4[c-]c(Oc5[c-]c6c(cc5)c5ccccc5n6-c5cc(C(C)(C)C)ccn5)ccc4)c4cc([Si](c5c([2H])c([2H])c([2H])c([2H])c5[2H])(c5c([2H])c([2H])c([2H])c([2H])c5[2H])c5c([2H])c([2H])c([2H])c([2H])c5[2H])cc(c42)-c2ccccc2-3)c([2H])c1[2H].[Pt]. The first-order chi connectivity index (χ1) is 55.1. The summed E-state index contributed by atoms with van der Waals surface area (Å²) >= 11 is 0. The Morgan fingerprint density at radius 3 is 1.62 bits per heavy atom. The normalized spacial score (nSPS) is 14.9. The topological polar surface area (TPSA) is 40.8 Å². The van der Waals surface area contributed by atoms with Gasteiger partial charge in [0, 0.05) is 55.1 Å². The van der Waals surface area contributed by atoms with Crippen molar-refractivity contribution in [1.82, 2.24) is 18.7 Å². The maximum atomic E-state index is 10.2. The average molecular weight is 1450 g/mol. The Balaban J connectivity index is 0.00000968. The van der Waals surface area contributed by atoms with Crippen LogP contribution >= 0.6 is 0 Å². The molecule has 13 aromatic carbocycles. The van der Waals surface area contributed by atoms with Crippen LogP contribution in [0.1, 0.15) is 53.7 Å². The molecule has 0 radical (unpaired) electrons. The van der Waals surface area contributed by atoms with Crippen LogP contribution in [0.4, 0.5) is 0 Å². The smallest absolute Gasteiger partial charge is 0.268 e. The zero-order valence-corrected chi connectivity index (χ0v) is 54.7. The standard InChI is InChI=1S/C88H61N5OSi.Pt/c1-88(2,3)60-51-52-89-84(53-60)93-80-47-23-20-41-73(80)74-50-49-63(55-82(74)93)94-62-30-24-29-61(54-62)90-58-91-86-76(44-26-48-81(86)92-78-45-21-18-39-71(78)72-40-19-22-46-79(72)92)85-68(59-27-8-4-9-28-59)42-25-43-75(85)69-37-16-17-38-70(69)77-56-67(57-83(90)87(77)91)95(64-31-10-5-11-32-64,65-33-12-6-13-34-65)66-35-14-7-15-36-66;/h4-53,56-57H,1-3H3;/q-2;/i4D,5D,6D,7D,8D,9D,10D,11D,12D,13D,14D,15D,27D,28D,31D,32D,33D,34D,35D,36D;.